The first-order valence-electron chi connectivity index (χ1n) is 6.41. The molecular formula is C14H20N2. The summed E-state index contributed by atoms with van der Waals surface area (Å²) in [6, 6.07) is 8.77. The van der Waals surface area contributed by atoms with Crippen molar-refractivity contribution in [3.8, 4) is 0 Å². The molecule has 0 radical (unpaired) electrons. The SMILES string of the molecule is c1ccc2c(c1)CC1(CCCNCC1)CN2. The van der Waals surface area contributed by atoms with Crippen molar-refractivity contribution in [3.05, 3.63) is 29.8 Å². The first-order chi connectivity index (χ1) is 7.88. The summed E-state index contributed by atoms with van der Waals surface area (Å²) in [5.41, 5.74) is 3.37. The molecule has 1 spiro atoms. The molecule has 3 rings (SSSR count). The fourth-order valence-corrected chi connectivity index (χ4v) is 3.14. The highest BCUT2D eigenvalue weighted by Gasteiger charge is 2.34. The maximum absolute atomic E-state index is 3.62. The van der Waals surface area contributed by atoms with Gasteiger partial charge in [-0.2, -0.15) is 0 Å². The second-order valence-electron chi connectivity index (χ2n) is 5.29. The summed E-state index contributed by atoms with van der Waals surface area (Å²) in [6.45, 7) is 3.54. The zero-order valence-corrected chi connectivity index (χ0v) is 9.76. The maximum Gasteiger partial charge on any atom is 0.0373 e. The minimum Gasteiger partial charge on any atom is -0.384 e. The summed E-state index contributed by atoms with van der Waals surface area (Å²) in [4.78, 5) is 0. The van der Waals surface area contributed by atoms with Crippen LogP contribution in [0.4, 0.5) is 5.69 Å². The Balaban J connectivity index is 1.85. The Kier molecular flexibility index (Phi) is 2.60. The number of anilines is 1. The summed E-state index contributed by atoms with van der Waals surface area (Å²) in [5, 5.41) is 7.14. The molecule has 1 unspecified atom stereocenters. The van der Waals surface area contributed by atoms with E-state index in [1.807, 2.05) is 0 Å². The molecule has 1 aromatic rings. The van der Waals surface area contributed by atoms with E-state index in [-0.39, 0.29) is 0 Å². The van der Waals surface area contributed by atoms with Crippen LogP contribution in [0.25, 0.3) is 0 Å². The highest BCUT2D eigenvalue weighted by atomic mass is 14.9. The van der Waals surface area contributed by atoms with Gasteiger partial charge in [0.15, 0.2) is 0 Å². The molecule has 1 saturated heterocycles. The van der Waals surface area contributed by atoms with Gasteiger partial charge in [-0.15, -0.1) is 0 Å². The molecule has 1 atom stereocenters. The van der Waals surface area contributed by atoms with Crippen molar-refractivity contribution in [2.45, 2.75) is 25.7 Å². The summed E-state index contributed by atoms with van der Waals surface area (Å²) < 4.78 is 0. The van der Waals surface area contributed by atoms with Crippen molar-refractivity contribution < 1.29 is 0 Å². The molecule has 0 aliphatic carbocycles. The van der Waals surface area contributed by atoms with Gasteiger partial charge in [-0.1, -0.05) is 18.2 Å². The van der Waals surface area contributed by atoms with Gasteiger partial charge >= 0.3 is 0 Å². The maximum atomic E-state index is 3.62. The van der Waals surface area contributed by atoms with E-state index in [1.54, 1.807) is 0 Å². The van der Waals surface area contributed by atoms with E-state index in [0.29, 0.717) is 5.41 Å². The van der Waals surface area contributed by atoms with Crippen LogP contribution in [-0.2, 0) is 6.42 Å². The van der Waals surface area contributed by atoms with Crippen molar-refractivity contribution in [1.29, 1.82) is 0 Å². The number of para-hydroxylation sites is 1. The zero-order chi connectivity index (χ0) is 10.8. The van der Waals surface area contributed by atoms with Gasteiger partial charge in [-0.3, -0.25) is 0 Å². The second kappa shape index (κ2) is 4.10. The van der Waals surface area contributed by atoms with Gasteiger partial charge in [0.2, 0.25) is 0 Å². The minimum atomic E-state index is 0.512. The van der Waals surface area contributed by atoms with Crippen molar-refractivity contribution in [2.75, 3.05) is 25.0 Å². The largest absolute Gasteiger partial charge is 0.384 e. The van der Waals surface area contributed by atoms with Crippen molar-refractivity contribution in [3.63, 3.8) is 0 Å². The lowest BCUT2D eigenvalue weighted by molar-refractivity contribution is 0.262. The predicted octanol–water partition coefficient (Wildman–Crippen LogP) is 2.41. The van der Waals surface area contributed by atoms with Crippen LogP contribution < -0.4 is 10.6 Å². The molecule has 2 aliphatic rings. The van der Waals surface area contributed by atoms with Crippen LogP contribution in [0.2, 0.25) is 0 Å². The van der Waals surface area contributed by atoms with Gasteiger partial charge in [0.05, 0.1) is 0 Å². The molecule has 86 valence electrons. The van der Waals surface area contributed by atoms with E-state index in [1.165, 1.54) is 50.0 Å². The predicted molar refractivity (Wildman–Crippen MR) is 67.8 cm³/mol. The summed E-state index contributed by atoms with van der Waals surface area (Å²) in [7, 11) is 0. The lowest BCUT2D eigenvalue weighted by Gasteiger charge is -2.38. The van der Waals surface area contributed by atoms with E-state index < -0.39 is 0 Å². The topological polar surface area (TPSA) is 24.1 Å². The average molecular weight is 216 g/mol. The van der Waals surface area contributed by atoms with E-state index in [9.17, 15) is 0 Å². The monoisotopic (exact) mass is 216 g/mol. The molecule has 2 N–H and O–H groups in total. The van der Waals surface area contributed by atoms with Crippen LogP contribution in [0.1, 0.15) is 24.8 Å². The van der Waals surface area contributed by atoms with Gasteiger partial charge in [-0.25, -0.2) is 0 Å². The van der Waals surface area contributed by atoms with Crippen LogP contribution in [0, 0.1) is 5.41 Å². The third-order valence-corrected chi connectivity index (χ3v) is 4.13. The smallest absolute Gasteiger partial charge is 0.0373 e. The van der Waals surface area contributed by atoms with Gasteiger partial charge in [-0.05, 0) is 55.8 Å². The Morgan fingerprint density at radius 1 is 1.06 bits per heavy atom. The Bertz CT molecular complexity index is 365. The molecule has 1 fully saturated rings. The number of benzene rings is 1. The lowest BCUT2D eigenvalue weighted by Crippen LogP contribution is -2.36. The van der Waals surface area contributed by atoms with Crippen LogP contribution in [0.3, 0.4) is 0 Å². The Hall–Kier alpha value is -1.02. The van der Waals surface area contributed by atoms with E-state index in [2.05, 4.69) is 34.9 Å². The van der Waals surface area contributed by atoms with Crippen molar-refractivity contribution in [1.82, 2.24) is 5.32 Å². The normalized spacial score (nSPS) is 29.2. The molecule has 2 nitrogen and oxygen atoms in total. The zero-order valence-electron chi connectivity index (χ0n) is 9.76. The highest BCUT2D eigenvalue weighted by molar-refractivity contribution is 5.53. The van der Waals surface area contributed by atoms with Crippen LogP contribution in [0.15, 0.2) is 24.3 Å². The van der Waals surface area contributed by atoms with E-state index in [0.717, 1.165) is 6.54 Å². The summed E-state index contributed by atoms with van der Waals surface area (Å²) in [5.74, 6) is 0. The first kappa shape index (κ1) is 10.2. The summed E-state index contributed by atoms with van der Waals surface area (Å²) in [6.07, 6.45) is 5.26. The average Bonchev–Trinajstić information content (AvgIpc) is 2.55. The van der Waals surface area contributed by atoms with Crippen molar-refractivity contribution in [2.24, 2.45) is 5.41 Å². The number of nitrogens with one attached hydrogen (secondary N) is 2. The van der Waals surface area contributed by atoms with Gasteiger partial charge in [0.1, 0.15) is 0 Å². The molecular weight excluding hydrogens is 196 g/mol. The fraction of sp³-hybridized carbons (Fsp3) is 0.571. The molecule has 2 aliphatic heterocycles. The van der Waals surface area contributed by atoms with Crippen molar-refractivity contribution >= 4 is 5.69 Å². The number of hydrogen-bond acceptors (Lipinski definition) is 2. The number of rotatable bonds is 0. The molecule has 2 heteroatoms. The first-order valence-corrected chi connectivity index (χ1v) is 6.41. The molecule has 0 bridgehead atoms. The lowest BCUT2D eigenvalue weighted by atomic mass is 9.73. The molecule has 2 heterocycles. The third kappa shape index (κ3) is 1.82. The standard InChI is InChI=1S/C14H20N2/c1-2-5-13-12(4-1)10-14(11-16-13)6-3-8-15-9-7-14/h1-2,4-5,15-16H,3,6-11H2. The number of hydrogen-bond donors (Lipinski definition) is 2. The molecule has 16 heavy (non-hydrogen) atoms. The van der Waals surface area contributed by atoms with Gasteiger partial charge in [0, 0.05) is 12.2 Å². The summed E-state index contributed by atoms with van der Waals surface area (Å²) >= 11 is 0. The van der Waals surface area contributed by atoms with Crippen LogP contribution in [-0.4, -0.2) is 19.6 Å². The minimum absolute atomic E-state index is 0.512. The molecule has 0 saturated carbocycles. The number of fused-ring (bicyclic) bond motifs is 1. The van der Waals surface area contributed by atoms with E-state index in [4.69, 9.17) is 0 Å². The Morgan fingerprint density at radius 3 is 3.00 bits per heavy atom. The van der Waals surface area contributed by atoms with Gasteiger partial charge in [0.25, 0.3) is 0 Å². The Morgan fingerprint density at radius 2 is 2.00 bits per heavy atom. The third-order valence-electron chi connectivity index (χ3n) is 4.13. The molecule has 0 amide bonds. The Labute approximate surface area is 97.4 Å². The quantitative estimate of drug-likeness (QED) is 0.696. The van der Waals surface area contributed by atoms with E-state index >= 15 is 0 Å². The highest BCUT2D eigenvalue weighted by Crippen LogP contribution is 2.39. The molecule has 0 aromatic heterocycles. The van der Waals surface area contributed by atoms with Crippen LogP contribution >= 0.6 is 0 Å². The second-order valence-corrected chi connectivity index (χ2v) is 5.29. The fourth-order valence-electron chi connectivity index (χ4n) is 3.14. The van der Waals surface area contributed by atoms with Gasteiger partial charge < -0.3 is 10.6 Å². The van der Waals surface area contributed by atoms with Crippen LogP contribution in [0.5, 0.6) is 0 Å². The molecule has 1 aromatic carbocycles.